The van der Waals surface area contributed by atoms with Gasteiger partial charge in [-0.05, 0) is 49.2 Å². The maximum absolute atomic E-state index is 12.3. The summed E-state index contributed by atoms with van der Waals surface area (Å²) in [7, 11) is 0. The average molecular weight is 375 g/mol. The molecule has 3 aromatic rings. The Balaban J connectivity index is 1.65. The maximum Gasteiger partial charge on any atom is 0.273 e. The van der Waals surface area contributed by atoms with E-state index in [9.17, 15) is 4.79 Å². The molecule has 1 amide bonds. The molecular weight excluding hydrogens is 359 g/mol. The number of nitrogens with zero attached hydrogens (tertiary/aromatic N) is 3. The SMILES string of the molecule is Cc1nn(-c2cccc(Cl)c2)nc1C(=O)NCCc1ccc(Cl)cc1. The summed E-state index contributed by atoms with van der Waals surface area (Å²) < 4.78 is 0. The van der Waals surface area contributed by atoms with Crippen LogP contribution in [0.4, 0.5) is 0 Å². The Morgan fingerprint density at radius 3 is 2.56 bits per heavy atom. The summed E-state index contributed by atoms with van der Waals surface area (Å²) in [6, 6.07) is 14.7. The number of amides is 1. The van der Waals surface area contributed by atoms with Gasteiger partial charge in [0.25, 0.3) is 5.91 Å². The summed E-state index contributed by atoms with van der Waals surface area (Å²) >= 11 is 11.8. The fraction of sp³-hybridized carbons (Fsp3) is 0.167. The maximum atomic E-state index is 12.3. The smallest absolute Gasteiger partial charge is 0.273 e. The lowest BCUT2D eigenvalue weighted by Gasteiger charge is -2.04. The van der Waals surface area contributed by atoms with Gasteiger partial charge in [-0.1, -0.05) is 41.4 Å². The lowest BCUT2D eigenvalue weighted by molar-refractivity contribution is 0.0948. The van der Waals surface area contributed by atoms with Crippen LogP contribution < -0.4 is 5.32 Å². The summed E-state index contributed by atoms with van der Waals surface area (Å²) in [6.07, 6.45) is 0.713. The van der Waals surface area contributed by atoms with E-state index in [1.54, 1.807) is 19.1 Å². The Bertz CT molecular complexity index is 890. The van der Waals surface area contributed by atoms with Crippen molar-refractivity contribution in [2.24, 2.45) is 0 Å². The predicted molar refractivity (Wildman–Crippen MR) is 98.6 cm³/mol. The largest absolute Gasteiger partial charge is 0.350 e. The average Bonchev–Trinajstić information content (AvgIpc) is 2.98. The van der Waals surface area contributed by atoms with Gasteiger partial charge >= 0.3 is 0 Å². The Morgan fingerprint density at radius 1 is 1.08 bits per heavy atom. The zero-order valence-corrected chi connectivity index (χ0v) is 15.1. The molecule has 7 heteroatoms. The molecule has 25 heavy (non-hydrogen) atoms. The van der Waals surface area contributed by atoms with Crippen molar-refractivity contribution in [3.63, 3.8) is 0 Å². The van der Waals surface area contributed by atoms with Crippen molar-refractivity contribution in [3.8, 4) is 5.69 Å². The summed E-state index contributed by atoms with van der Waals surface area (Å²) in [5, 5.41) is 12.7. The van der Waals surface area contributed by atoms with E-state index in [-0.39, 0.29) is 5.91 Å². The second-order valence-corrected chi connectivity index (χ2v) is 6.41. The molecule has 1 heterocycles. The molecule has 0 bridgehead atoms. The van der Waals surface area contributed by atoms with E-state index in [1.807, 2.05) is 36.4 Å². The van der Waals surface area contributed by atoms with Crippen LogP contribution in [0.1, 0.15) is 21.7 Å². The summed E-state index contributed by atoms with van der Waals surface area (Å²) in [6.45, 7) is 2.26. The second kappa shape index (κ2) is 7.68. The molecule has 0 unspecified atom stereocenters. The molecule has 1 N–H and O–H groups in total. The molecule has 0 aliphatic rings. The van der Waals surface area contributed by atoms with E-state index in [2.05, 4.69) is 15.5 Å². The van der Waals surface area contributed by atoms with Crippen molar-refractivity contribution in [3.05, 3.63) is 75.5 Å². The molecule has 0 saturated heterocycles. The molecule has 1 aromatic heterocycles. The van der Waals surface area contributed by atoms with E-state index in [4.69, 9.17) is 23.2 Å². The first-order chi connectivity index (χ1) is 12.0. The molecule has 0 saturated carbocycles. The normalized spacial score (nSPS) is 10.7. The van der Waals surface area contributed by atoms with Crippen molar-refractivity contribution in [1.29, 1.82) is 0 Å². The highest BCUT2D eigenvalue weighted by Gasteiger charge is 2.16. The lowest BCUT2D eigenvalue weighted by Crippen LogP contribution is -2.26. The van der Waals surface area contributed by atoms with Gasteiger partial charge in [-0.25, -0.2) is 0 Å². The zero-order valence-electron chi connectivity index (χ0n) is 13.5. The second-order valence-electron chi connectivity index (χ2n) is 5.54. The van der Waals surface area contributed by atoms with Gasteiger partial charge in [-0.2, -0.15) is 9.90 Å². The number of nitrogens with one attached hydrogen (secondary N) is 1. The van der Waals surface area contributed by atoms with Gasteiger partial charge in [0.05, 0.1) is 11.4 Å². The summed E-state index contributed by atoms with van der Waals surface area (Å²) in [5.74, 6) is -0.250. The third-order valence-corrected chi connectivity index (χ3v) is 4.14. The van der Waals surface area contributed by atoms with Crippen molar-refractivity contribution in [2.75, 3.05) is 6.54 Å². The minimum Gasteiger partial charge on any atom is -0.350 e. The van der Waals surface area contributed by atoms with Crippen molar-refractivity contribution >= 4 is 29.1 Å². The topological polar surface area (TPSA) is 59.8 Å². The number of carbonyl (C=O) groups excluding carboxylic acids is 1. The van der Waals surface area contributed by atoms with Crippen LogP contribution in [-0.2, 0) is 6.42 Å². The van der Waals surface area contributed by atoms with Crippen LogP contribution >= 0.6 is 23.2 Å². The van der Waals surface area contributed by atoms with Gasteiger partial charge in [0.1, 0.15) is 0 Å². The number of carbonyl (C=O) groups is 1. The zero-order chi connectivity index (χ0) is 17.8. The number of hydrogen-bond donors (Lipinski definition) is 1. The Kier molecular flexibility index (Phi) is 5.36. The molecule has 2 aromatic carbocycles. The highest BCUT2D eigenvalue weighted by atomic mass is 35.5. The molecule has 3 rings (SSSR count). The molecule has 128 valence electrons. The van der Waals surface area contributed by atoms with E-state index >= 15 is 0 Å². The fourth-order valence-corrected chi connectivity index (χ4v) is 2.67. The molecule has 0 aliphatic heterocycles. The third-order valence-electron chi connectivity index (χ3n) is 3.65. The Hall–Kier alpha value is -2.37. The standard InChI is InChI=1S/C18H16Cl2N4O/c1-12-17(23-24(22-12)16-4-2-3-15(20)11-16)18(25)21-10-9-13-5-7-14(19)8-6-13/h2-8,11H,9-10H2,1H3,(H,21,25). The first-order valence-corrected chi connectivity index (χ1v) is 8.51. The quantitative estimate of drug-likeness (QED) is 0.737. The first-order valence-electron chi connectivity index (χ1n) is 7.75. The molecule has 0 atom stereocenters. The van der Waals surface area contributed by atoms with Gasteiger partial charge in [0.2, 0.25) is 0 Å². The highest BCUT2D eigenvalue weighted by Crippen LogP contribution is 2.14. The summed E-state index contributed by atoms with van der Waals surface area (Å²) in [5.41, 5.74) is 2.67. The van der Waals surface area contributed by atoms with Crippen molar-refractivity contribution in [2.45, 2.75) is 13.3 Å². The number of rotatable bonds is 5. The van der Waals surface area contributed by atoms with Gasteiger partial charge in [0.15, 0.2) is 5.69 Å². The number of benzene rings is 2. The van der Waals surface area contributed by atoms with Gasteiger partial charge in [0, 0.05) is 16.6 Å². The van der Waals surface area contributed by atoms with Crippen molar-refractivity contribution in [1.82, 2.24) is 20.3 Å². The molecule has 5 nitrogen and oxygen atoms in total. The number of hydrogen-bond acceptors (Lipinski definition) is 3. The lowest BCUT2D eigenvalue weighted by atomic mass is 10.1. The summed E-state index contributed by atoms with van der Waals surface area (Å²) in [4.78, 5) is 13.8. The fourth-order valence-electron chi connectivity index (χ4n) is 2.36. The molecular formula is C18H16Cl2N4O. The molecule has 0 radical (unpaired) electrons. The minimum atomic E-state index is -0.250. The molecule has 0 fully saturated rings. The third kappa shape index (κ3) is 4.38. The number of aromatic nitrogens is 3. The van der Waals surface area contributed by atoms with Gasteiger partial charge in [-0.3, -0.25) is 4.79 Å². The van der Waals surface area contributed by atoms with Crippen LogP contribution in [0.15, 0.2) is 48.5 Å². The van der Waals surface area contributed by atoms with Crippen LogP contribution in [0.3, 0.4) is 0 Å². The van der Waals surface area contributed by atoms with Crippen LogP contribution in [-0.4, -0.2) is 27.4 Å². The first kappa shape index (κ1) is 17.5. The van der Waals surface area contributed by atoms with Gasteiger partial charge in [-0.15, -0.1) is 5.10 Å². The number of halogens is 2. The van der Waals surface area contributed by atoms with Crippen LogP contribution in [0, 0.1) is 6.92 Å². The Morgan fingerprint density at radius 2 is 1.84 bits per heavy atom. The van der Waals surface area contributed by atoms with E-state index in [0.29, 0.717) is 40.1 Å². The van der Waals surface area contributed by atoms with Crippen LogP contribution in [0.25, 0.3) is 5.69 Å². The Labute approximate surface area is 155 Å². The molecule has 0 aliphatic carbocycles. The van der Waals surface area contributed by atoms with Crippen LogP contribution in [0.2, 0.25) is 10.0 Å². The van der Waals surface area contributed by atoms with Crippen molar-refractivity contribution < 1.29 is 4.79 Å². The number of aryl methyl sites for hydroxylation is 1. The predicted octanol–water partition coefficient (Wildman–Crippen LogP) is 3.86. The van der Waals surface area contributed by atoms with E-state index in [1.165, 1.54) is 4.80 Å². The van der Waals surface area contributed by atoms with Crippen LogP contribution in [0.5, 0.6) is 0 Å². The minimum absolute atomic E-state index is 0.250. The van der Waals surface area contributed by atoms with E-state index < -0.39 is 0 Å². The highest BCUT2D eigenvalue weighted by molar-refractivity contribution is 6.30. The van der Waals surface area contributed by atoms with E-state index in [0.717, 1.165) is 5.56 Å². The monoisotopic (exact) mass is 374 g/mol. The molecule has 0 spiro atoms. The van der Waals surface area contributed by atoms with Gasteiger partial charge < -0.3 is 5.32 Å².